The second-order valence-corrected chi connectivity index (χ2v) is 4.43. The maximum atomic E-state index is 10.0. The van der Waals surface area contributed by atoms with Crippen LogP contribution in [0.25, 0.3) is 0 Å². The van der Waals surface area contributed by atoms with E-state index in [0.29, 0.717) is 21.4 Å². The molecule has 1 aromatic heterocycles. The smallest absolute Gasteiger partial charge is 0.137 e. The van der Waals surface area contributed by atoms with Gasteiger partial charge in [-0.25, -0.2) is 0 Å². The molecule has 0 aliphatic carbocycles. The normalized spacial score (nSPS) is 12.8. The lowest BCUT2D eigenvalue weighted by molar-refractivity contribution is 0.187. The highest BCUT2D eigenvalue weighted by Gasteiger charge is 2.15. The molecule has 1 N–H and O–H groups in total. The summed E-state index contributed by atoms with van der Waals surface area (Å²) in [5, 5.41) is 11.0. The van der Waals surface area contributed by atoms with Crippen LogP contribution in [0, 0.1) is 6.92 Å². The van der Waals surface area contributed by atoms with Gasteiger partial charge in [-0.1, -0.05) is 23.2 Å². The Bertz CT molecular complexity index is 485. The third-order valence-electron chi connectivity index (χ3n) is 2.23. The van der Waals surface area contributed by atoms with Crippen molar-refractivity contribution >= 4 is 23.2 Å². The van der Waals surface area contributed by atoms with E-state index in [9.17, 15) is 5.11 Å². The molecule has 2 aromatic rings. The van der Waals surface area contributed by atoms with E-state index in [4.69, 9.17) is 27.6 Å². The number of halogens is 2. The standard InChI is InChI=1S/C12H10Cl2O2/c1-7-2-3-11(16-7)12(15)8-4-9(13)6-10(14)5-8/h2-6,12,15H,1H3. The molecule has 0 fully saturated rings. The summed E-state index contributed by atoms with van der Waals surface area (Å²) in [6.07, 6.45) is -0.843. The van der Waals surface area contributed by atoms with Crippen LogP contribution in [-0.4, -0.2) is 5.11 Å². The molecule has 0 spiro atoms. The van der Waals surface area contributed by atoms with E-state index in [0.717, 1.165) is 5.76 Å². The molecule has 16 heavy (non-hydrogen) atoms. The van der Waals surface area contributed by atoms with E-state index >= 15 is 0 Å². The van der Waals surface area contributed by atoms with Gasteiger partial charge in [-0.05, 0) is 42.8 Å². The van der Waals surface area contributed by atoms with Gasteiger partial charge in [0.25, 0.3) is 0 Å². The van der Waals surface area contributed by atoms with Gasteiger partial charge in [-0.2, -0.15) is 0 Å². The topological polar surface area (TPSA) is 33.4 Å². The third-order valence-corrected chi connectivity index (χ3v) is 2.67. The predicted molar refractivity (Wildman–Crippen MR) is 64.0 cm³/mol. The minimum absolute atomic E-state index is 0.482. The van der Waals surface area contributed by atoms with Gasteiger partial charge in [0.2, 0.25) is 0 Å². The lowest BCUT2D eigenvalue weighted by Gasteiger charge is -2.09. The second-order valence-electron chi connectivity index (χ2n) is 3.55. The zero-order chi connectivity index (χ0) is 11.7. The number of furan rings is 1. The van der Waals surface area contributed by atoms with E-state index in [1.165, 1.54) is 0 Å². The van der Waals surface area contributed by atoms with Gasteiger partial charge < -0.3 is 9.52 Å². The first kappa shape index (κ1) is 11.5. The maximum absolute atomic E-state index is 10.0. The van der Waals surface area contributed by atoms with Crippen molar-refractivity contribution in [3.05, 3.63) is 57.5 Å². The molecule has 0 saturated carbocycles. The summed E-state index contributed by atoms with van der Waals surface area (Å²) in [5.41, 5.74) is 0.617. The Morgan fingerprint density at radius 2 is 1.75 bits per heavy atom. The third kappa shape index (κ3) is 2.40. The lowest BCUT2D eigenvalue weighted by Crippen LogP contribution is -1.97. The van der Waals surface area contributed by atoms with Crippen molar-refractivity contribution in [2.45, 2.75) is 13.0 Å². The highest BCUT2D eigenvalue weighted by atomic mass is 35.5. The van der Waals surface area contributed by atoms with Crippen molar-refractivity contribution in [1.29, 1.82) is 0 Å². The van der Waals surface area contributed by atoms with E-state index in [2.05, 4.69) is 0 Å². The molecular weight excluding hydrogens is 247 g/mol. The van der Waals surface area contributed by atoms with Gasteiger partial charge in [0.05, 0.1) is 0 Å². The Kier molecular flexibility index (Phi) is 3.24. The Morgan fingerprint density at radius 1 is 1.12 bits per heavy atom. The van der Waals surface area contributed by atoms with Crippen LogP contribution in [-0.2, 0) is 0 Å². The molecule has 0 aliphatic heterocycles. The van der Waals surface area contributed by atoms with Crippen LogP contribution in [0.5, 0.6) is 0 Å². The fourth-order valence-corrected chi connectivity index (χ4v) is 2.04. The van der Waals surface area contributed by atoms with Gasteiger partial charge in [-0.15, -0.1) is 0 Å². The first-order valence-electron chi connectivity index (χ1n) is 4.76. The summed E-state index contributed by atoms with van der Waals surface area (Å²) in [5.74, 6) is 1.23. The number of aliphatic hydroxyl groups excluding tert-OH is 1. The van der Waals surface area contributed by atoms with Crippen molar-refractivity contribution < 1.29 is 9.52 Å². The first-order chi connectivity index (χ1) is 7.56. The van der Waals surface area contributed by atoms with Gasteiger partial charge in [0.15, 0.2) is 0 Å². The molecule has 0 amide bonds. The van der Waals surface area contributed by atoms with Crippen LogP contribution in [0.2, 0.25) is 10.0 Å². The average Bonchev–Trinajstić information content (AvgIpc) is 2.62. The van der Waals surface area contributed by atoms with Crippen LogP contribution in [0.1, 0.15) is 23.2 Å². The Balaban J connectivity index is 2.37. The number of rotatable bonds is 2. The number of hydrogen-bond acceptors (Lipinski definition) is 2. The maximum Gasteiger partial charge on any atom is 0.137 e. The Labute approximate surface area is 103 Å². The van der Waals surface area contributed by atoms with Gasteiger partial charge in [0.1, 0.15) is 17.6 Å². The molecule has 1 atom stereocenters. The molecule has 0 saturated heterocycles. The fraction of sp³-hybridized carbons (Fsp3) is 0.167. The molecular formula is C12H10Cl2O2. The van der Waals surface area contributed by atoms with Crippen LogP contribution >= 0.6 is 23.2 Å². The zero-order valence-electron chi connectivity index (χ0n) is 8.58. The fourth-order valence-electron chi connectivity index (χ4n) is 1.50. The Hall–Kier alpha value is -0.960. The molecule has 4 heteroatoms. The molecule has 84 valence electrons. The molecule has 2 nitrogen and oxygen atoms in total. The van der Waals surface area contributed by atoms with Crippen molar-refractivity contribution in [3.63, 3.8) is 0 Å². The van der Waals surface area contributed by atoms with E-state index in [1.807, 2.05) is 6.92 Å². The number of benzene rings is 1. The SMILES string of the molecule is Cc1ccc(C(O)c2cc(Cl)cc(Cl)c2)o1. The van der Waals surface area contributed by atoms with Crippen LogP contribution in [0.15, 0.2) is 34.7 Å². The average molecular weight is 257 g/mol. The lowest BCUT2D eigenvalue weighted by atomic mass is 10.1. The monoisotopic (exact) mass is 256 g/mol. The molecule has 2 rings (SSSR count). The molecule has 0 aliphatic rings. The minimum atomic E-state index is -0.843. The molecule has 0 bridgehead atoms. The Morgan fingerprint density at radius 3 is 2.25 bits per heavy atom. The van der Waals surface area contributed by atoms with Gasteiger partial charge >= 0.3 is 0 Å². The molecule has 1 heterocycles. The van der Waals surface area contributed by atoms with Gasteiger partial charge in [-0.3, -0.25) is 0 Å². The largest absolute Gasteiger partial charge is 0.463 e. The van der Waals surface area contributed by atoms with E-state index < -0.39 is 6.10 Å². The van der Waals surface area contributed by atoms with Crippen molar-refractivity contribution in [3.8, 4) is 0 Å². The van der Waals surface area contributed by atoms with Crippen LogP contribution in [0.3, 0.4) is 0 Å². The molecule has 1 unspecified atom stereocenters. The number of hydrogen-bond donors (Lipinski definition) is 1. The summed E-state index contributed by atoms with van der Waals surface area (Å²) >= 11 is 11.7. The summed E-state index contributed by atoms with van der Waals surface area (Å²) in [6.45, 7) is 1.82. The van der Waals surface area contributed by atoms with Crippen molar-refractivity contribution in [2.75, 3.05) is 0 Å². The number of aryl methyl sites for hydroxylation is 1. The zero-order valence-corrected chi connectivity index (χ0v) is 10.1. The van der Waals surface area contributed by atoms with E-state index in [-0.39, 0.29) is 0 Å². The van der Waals surface area contributed by atoms with E-state index in [1.54, 1.807) is 30.3 Å². The van der Waals surface area contributed by atoms with Crippen molar-refractivity contribution in [2.24, 2.45) is 0 Å². The highest BCUT2D eigenvalue weighted by Crippen LogP contribution is 2.28. The number of aliphatic hydroxyl groups is 1. The molecule has 1 aromatic carbocycles. The summed E-state index contributed by atoms with van der Waals surface area (Å²) < 4.78 is 5.34. The summed E-state index contributed by atoms with van der Waals surface area (Å²) in [4.78, 5) is 0. The first-order valence-corrected chi connectivity index (χ1v) is 5.52. The summed E-state index contributed by atoms with van der Waals surface area (Å²) in [7, 11) is 0. The highest BCUT2D eigenvalue weighted by molar-refractivity contribution is 6.34. The second kappa shape index (κ2) is 4.50. The minimum Gasteiger partial charge on any atom is -0.463 e. The molecule has 0 radical (unpaired) electrons. The predicted octanol–water partition coefficient (Wildman–Crippen LogP) is 3.98. The van der Waals surface area contributed by atoms with Gasteiger partial charge in [0, 0.05) is 10.0 Å². The van der Waals surface area contributed by atoms with Crippen LogP contribution in [0.4, 0.5) is 0 Å². The van der Waals surface area contributed by atoms with Crippen LogP contribution < -0.4 is 0 Å². The van der Waals surface area contributed by atoms with Crippen molar-refractivity contribution in [1.82, 2.24) is 0 Å². The quantitative estimate of drug-likeness (QED) is 0.882. The summed E-state index contributed by atoms with van der Waals surface area (Å²) in [6, 6.07) is 8.47.